The zero-order chi connectivity index (χ0) is 20.6. The molecule has 1 fully saturated rings. The molecule has 1 aromatic carbocycles. The second kappa shape index (κ2) is 22.8. The molecule has 210 valence electrons. The summed E-state index contributed by atoms with van der Waals surface area (Å²) in [5, 5.41) is 10.7. The lowest BCUT2D eigenvalue weighted by Gasteiger charge is -2.36. The predicted octanol–water partition coefficient (Wildman–Crippen LogP) is 4.87. The van der Waals surface area contributed by atoms with E-state index in [1.165, 1.54) is 22.3 Å². The van der Waals surface area contributed by atoms with E-state index in [1.54, 1.807) is 0 Å². The molecule has 5 rings (SSSR count). The Kier molecular flexibility index (Phi) is 26.3. The van der Waals surface area contributed by atoms with Gasteiger partial charge < -0.3 is 21.7 Å². The van der Waals surface area contributed by atoms with Crippen LogP contribution in [-0.2, 0) is 13.0 Å². The minimum atomic E-state index is 0. The van der Waals surface area contributed by atoms with Crippen LogP contribution in [-0.4, -0.2) is 62.2 Å². The number of nitrogens with one attached hydrogen (secondary N) is 3. The van der Waals surface area contributed by atoms with Crippen molar-refractivity contribution in [2.75, 3.05) is 52.4 Å². The largest absolute Gasteiger partial charge is 0.325 e. The van der Waals surface area contributed by atoms with E-state index < -0.39 is 0 Å². The molecule has 0 spiro atoms. The highest BCUT2D eigenvalue weighted by atomic mass is 79.9. The molecule has 2 heterocycles. The van der Waals surface area contributed by atoms with Gasteiger partial charge in [-0.25, -0.2) is 0 Å². The van der Waals surface area contributed by atoms with Crippen LogP contribution in [0.5, 0.6) is 0 Å². The van der Waals surface area contributed by atoms with Crippen molar-refractivity contribution in [3.05, 3.63) is 64.5 Å². The first-order valence-electron chi connectivity index (χ1n) is 11.5. The van der Waals surface area contributed by atoms with E-state index in [0.717, 1.165) is 77.3 Å². The van der Waals surface area contributed by atoms with Crippen molar-refractivity contribution >= 4 is 102 Å². The van der Waals surface area contributed by atoms with Gasteiger partial charge in [-0.05, 0) is 61.7 Å². The van der Waals surface area contributed by atoms with E-state index >= 15 is 0 Å². The third-order valence-electron chi connectivity index (χ3n) is 6.25. The van der Waals surface area contributed by atoms with Gasteiger partial charge in [0, 0.05) is 51.0 Å². The molecular formula is C24H42Br6N6. The van der Waals surface area contributed by atoms with Gasteiger partial charge in [-0.2, -0.15) is 0 Å². The van der Waals surface area contributed by atoms with Crippen LogP contribution in [0.1, 0.15) is 46.8 Å². The van der Waals surface area contributed by atoms with Gasteiger partial charge in [-0.1, -0.05) is 24.3 Å². The zero-order valence-electron chi connectivity index (χ0n) is 20.4. The monoisotopic (exact) mass is 888 g/mol. The molecule has 0 radical (unpaired) electrons. The Balaban J connectivity index is -0.00000181. The Morgan fingerprint density at radius 3 is 2.00 bits per heavy atom. The summed E-state index contributed by atoms with van der Waals surface area (Å²) >= 11 is 0. The Hall–Kier alpha value is 1.05. The van der Waals surface area contributed by atoms with Gasteiger partial charge in [0.15, 0.2) is 0 Å². The highest BCUT2D eigenvalue weighted by Gasteiger charge is 2.28. The van der Waals surface area contributed by atoms with Gasteiger partial charge >= 0.3 is 0 Å². The average Bonchev–Trinajstić information content (AvgIpc) is 2.76. The predicted molar refractivity (Wildman–Crippen MR) is 185 cm³/mol. The van der Waals surface area contributed by atoms with E-state index in [4.69, 9.17) is 5.73 Å². The summed E-state index contributed by atoms with van der Waals surface area (Å²) in [6, 6.07) is 11.6. The van der Waals surface area contributed by atoms with Crippen LogP contribution in [0.2, 0.25) is 0 Å². The zero-order valence-corrected chi connectivity index (χ0v) is 30.7. The topological polar surface area (TPSA) is 78.2 Å². The van der Waals surface area contributed by atoms with Crippen LogP contribution in [0.4, 0.5) is 0 Å². The van der Waals surface area contributed by atoms with Gasteiger partial charge in [-0.3, -0.25) is 9.88 Å². The lowest BCUT2D eigenvalue weighted by molar-refractivity contribution is 0.219. The Labute approximate surface area is 279 Å². The summed E-state index contributed by atoms with van der Waals surface area (Å²) < 4.78 is 0. The molecule has 12 heteroatoms. The summed E-state index contributed by atoms with van der Waals surface area (Å²) in [4.78, 5) is 7.32. The normalized spacial score (nSPS) is 18.3. The molecule has 0 amide bonds. The second-order valence-corrected chi connectivity index (χ2v) is 8.35. The van der Waals surface area contributed by atoms with Crippen LogP contribution in [0, 0.1) is 0 Å². The van der Waals surface area contributed by atoms with E-state index in [9.17, 15) is 0 Å². The van der Waals surface area contributed by atoms with Crippen molar-refractivity contribution in [1.29, 1.82) is 0 Å². The first-order chi connectivity index (χ1) is 14.9. The quantitative estimate of drug-likeness (QED) is 0.346. The number of fused-ring (bicyclic) bond motifs is 2. The van der Waals surface area contributed by atoms with Crippen molar-refractivity contribution in [2.24, 2.45) is 5.73 Å². The van der Waals surface area contributed by atoms with Crippen molar-refractivity contribution < 1.29 is 0 Å². The SMILES string of the molecule is Br.Br.Br.Br.Br.Br.NCc1nccc2c1C(N1CCCNCCNCCCNCC1)c1ccc(cc1)C2. The maximum Gasteiger partial charge on any atom is 0.0623 e. The van der Waals surface area contributed by atoms with Crippen LogP contribution in [0.3, 0.4) is 0 Å². The highest BCUT2D eigenvalue weighted by Crippen LogP contribution is 2.36. The molecule has 3 aliphatic rings. The van der Waals surface area contributed by atoms with E-state index in [-0.39, 0.29) is 108 Å². The van der Waals surface area contributed by atoms with E-state index in [2.05, 4.69) is 56.2 Å². The number of halogens is 6. The lowest BCUT2D eigenvalue weighted by atomic mass is 9.85. The van der Waals surface area contributed by atoms with Crippen molar-refractivity contribution in [3.63, 3.8) is 0 Å². The second-order valence-electron chi connectivity index (χ2n) is 8.35. The number of nitrogens with zero attached hydrogens (tertiary/aromatic N) is 2. The molecule has 1 unspecified atom stereocenters. The fourth-order valence-electron chi connectivity index (χ4n) is 4.70. The van der Waals surface area contributed by atoms with Crippen molar-refractivity contribution in [2.45, 2.75) is 31.8 Å². The summed E-state index contributed by atoms with van der Waals surface area (Å²) in [7, 11) is 0. The Bertz CT molecular complexity index is 800. The fourth-order valence-corrected chi connectivity index (χ4v) is 4.70. The van der Waals surface area contributed by atoms with Crippen molar-refractivity contribution in [3.8, 4) is 0 Å². The number of rotatable bonds is 2. The molecular weight excluding hydrogens is 852 g/mol. The molecule has 2 aliphatic carbocycles. The number of hydrogen-bond acceptors (Lipinski definition) is 6. The van der Waals surface area contributed by atoms with Gasteiger partial charge in [-0.15, -0.1) is 102 Å². The number of hydrogen-bond donors (Lipinski definition) is 4. The molecule has 1 atom stereocenters. The summed E-state index contributed by atoms with van der Waals surface area (Å²) in [5.74, 6) is 0. The third kappa shape index (κ3) is 11.7. The summed E-state index contributed by atoms with van der Waals surface area (Å²) in [6.07, 6.45) is 5.16. The van der Waals surface area contributed by atoms with Gasteiger partial charge in [0.2, 0.25) is 0 Å². The smallest absolute Gasteiger partial charge is 0.0623 e. The van der Waals surface area contributed by atoms with Crippen LogP contribution >= 0.6 is 102 Å². The maximum atomic E-state index is 6.16. The summed E-state index contributed by atoms with van der Waals surface area (Å²) in [6.45, 7) is 8.78. The first-order valence-corrected chi connectivity index (χ1v) is 11.5. The van der Waals surface area contributed by atoms with Crippen LogP contribution in [0.25, 0.3) is 0 Å². The minimum absolute atomic E-state index is 0. The molecule has 36 heavy (non-hydrogen) atoms. The van der Waals surface area contributed by atoms with E-state index in [1.807, 2.05) is 6.20 Å². The van der Waals surface area contributed by atoms with Crippen LogP contribution < -0.4 is 21.7 Å². The molecule has 1 aliphatic heterocycles. The Morgan fingerprint density at radius 1 is 0.750 bits per heavy atom. The van der Waals surface area contributed by atoms with Crippen molar-refractivity contribution in [1.82, 2.24) is 25.8 Å². The number of benzene rings is 1. The number of pyridine rings is 1. The maximum absolute atomic E-state index is 6.16. The highest BCUT2D eigenvalue weighted by molar-refractivity contribution is 8.93. The third-order valence-corrected chi connectivity index (χ3v) is 6.25. The molecule has 6 nitrogen and oxygen atoms in total. The summed E-state index contributed by atoms with van der Waals surface area (Å²) in [5.41, 5.74) is 12.6. The number of aromatic nitrogens is 1. The van der Waals surface area contributed by atoms with Crippen LogP contribution in [0.15, 0.2) is 36.5 Å². The minimum Gasteiger partial charge on any atom is -0.325 e. The van der Waals surface area contributed by atoms with Gasteiger partial charge in [0.25, 0.3) is 0 Å². The molecule has 2 bridgehead atoms. The molecule has 1 saturated heterocycles. The standard InChI is InChI=1S/C24H36N6.6BrH/c25-18-22-23-21(7-11-29-22)17-19-3-5-20(6-4-19)24(23)30-15-2-10-27-13-12-26-8-1-9-28-14-16-30;;;;;;/h3-7,11,24,26-28H,1-2,8-10,12-18,25H2;6*1H. The van der Waals surface area contributed by atoms with Gasteiger partial charge in [0.1, 0.15) is 0 Å². The Morgan fingerprint density at radius 2 is 1.36 bits per heavy atom. The average molecular weight is 894 g/mol. The fraction of sp³-hybridized carbons (Fsp3) is 0.542. The number of nitrogens with two attached hydrogens (primary N) is 1. The molecule has 1 aromatic heterocycles. The molecule has 0 saturated carbocycles. The first kappa shape index (κ1) is 41.5. The molecule has 5 N–H and O–H groups in total. The van der Waals surface area contributed by atoms with E-state index in [0.29, 0.717) is 6.54 Å². The lowest BCUT2D eigenvalue weighted by Crippen LogP contribution is -2.40. The van der Waals surface area contributed by atoms with Gasteiger partial charge in [0.05, 0.1) is 11.7 Å². The molecule has 2 aromatic rings.